The van der Waals surface area contributed by atoms with Crippen LogP contribution in [0.4, 0.5) is 0 Å². The molecule has 1 amide bonds. The molecule has 0 saturated carbocycles. The molecule has 1 atom stereocenters. The quantitative estimate of drug-likeness (QED) is 0.790. The van der Waals surface area contributed by atoms with E-state index in [9.17, 15) is 4.79 Å². The summed E-state index contributed by atoms with van der Waals surface area (Å²) in [7, 11) is 0. The summed E-state index contributed by atoms with van der Waals surface area (Å²) < 4.78 is 5.23. The molecule has 1 unspecified atom stereocenters. The van der Waals surface area contributed by atoms with Crippen LogP contribution in [0.1, 0.15) is 39.5 Å². The number of nitrogens with zero attached hydrogens (tertiary/aromatic N) is 4. The second kappa shape index (κ2) is 5.86. The highest BCUT2D eigenvalue weighted by atomic mass is 32.1. The zero-order valence-electron chi connectivity index (χ0n) is 13.4. The number of nitrogens with one attached hydrogen (secondary N) is 1. The number of hydrogen-bond donors (Lipinski definition) is 1. The van der Waals surface area contributed by atoms with Crippen molar-refractivity contribution in [3.63, 3.8) is 0 Å². The number of amides is 1. The molecule has 1 saturated heterocycles. The van der Waals surface area contributed by atoms with Gasteiger partial charge in [-0.05, 0) is 26.3 Å². The summed E-state index contributed by atoms with van der Waals surface area (Å²) in [5.41, 5.74) is 2.41. The van der Waals surface area contributed by atoms with Crippen molar-refractivity contribution >= 4 is 17.2 Å². The molecule has 7 nitrogen and oxygen atoms in total. The molecule has 1 aliphatic rings. The molecule has 1 N–H and O–H groups in total. The third-order valence-corrected chi connectivity index (χ3v) is 4.97. The van der Waals surface area contributed by atoms with E-state index in [1.165, 1.54) is 0 Å². The molecular weight excluding hydrogens is 326 g/mol. The fourth-order valence-corrected chi connectivity index (χ4v) is 3.58. The summed E-state index contributed by atoms with van der Waals surface area (Å²) in [6.07, 6.45) is 2.67. The minimum Gasteiger partial charge on any atom is -0.357 e. The van der Waals surface area contributed by atoms with Crippen molar-refractivity contribution in [1.82, 2.24) is 25.0 Å². The maximum absolute atomic E-state index is 12.7. The Morgan fingerprint density at radius 2 is 2.29 bits per heavy atom. The van der Waals surface area contributed by atoms with E-state index in [2.05, 4.69) is 20.1 Å². The number of aromatic nitrogens is 4. The molecular formula is C16H17N5O2S. The standard InChI is InChI=1S/C16H17N5O2S/c1-9-18-15(23-20-9)11-3-4-21(7-11)16(22)13-5-12(6-17-13)14-8-24-10(2)19-14/h5-6,8,11,17H,3-4,7H2,1-2H3. The summed E-state index contributed by atoms with van der Waals surface area (Å²) in [6, 6.07) is 1.86. The van der Waals surface area contributed by atoms with E-state index in [1.54, 1.807) is 18.3 Å². The number of likely N-dealkylation sites (tertiary alicyclic amines) is 1. The van der Waals surface area contributed by atoms with E-state index in [4.69, 9.17) is 4.52 Å². The number of carbonyl (C=O) groups excluding carboxylic acids is 1. The largest absolute Gasteiger partial charge is 0.357 e. The minimum absolute atomic E-state index is 0.00746. The SMILES string of the molecule is Cc1noc(C2CCN(C(=O)c3cc(-c4csc(C)n4)c[nH]3)C2)n1. The average Bonchev–Trinajstić information content (AvgIpc) is 3.33. The third-order valence-electron chi connectivity index (χ3n) is 4.20. The van der Waals surface area contributed by atoms with Gasteiger partial charge in [0.25, 0.3) is 5.91 Å². The van der Waals surface area contributed by atoms with Gasteiger partial charge in [0.2, 0.25) is 5.89 Å². The molecule has 3 aromatic rings. The van der Waals surface area contributed by atoms with E-state index in [0.29, 0.717) is 30.5 Å². The van der Waals surface area contributed by atoms with Gasteiger partial charge in [-0.25, -0.2) is 4.98 Å². The van der Waals surface area contributed by atoms with Crippen molar-refractivity contribution in [2.24, 2.45) is 0 Å². The van der Waals surface area contributed by atoms with Crippen LogP contribution < -0.4 is 0 Å². The van der Waals surface area contributed by atoms with Gasteiger partial charge < -0.3 is 14.4 Å². The Labute approximate surface area is 142 Å². The van der Waals surface area contributed by atoms with E-state index < -0.39 is 0 Å². The molecule has 1 fully saturated rings. The van der Waals surface area contributed by atoms with Crippen LogP contribution in [0.2, 0.25) is 0 Å². The summed E-state index contributed by atoms with van der Waals surface area (Å²) in [6.45, 7) is 5.06. The molecule has 0 spiro atoms. The lowest BCUT2D eigenvalue weighted by Crippen LogP contribution is -2.28. The monoisotopic (exact) mass is 343 g/mol. The molecule has 4 rings (SSSR count). The van der Waals surface area contributed by atoms with Gasteiger partial charge in [0.15, 0.2) is 5.82 Å². The zero-order chi connectivity index (χ0) is 16.7. The lowest BCUT2D eigenvalue weighted by Gasteiger charge is -2.14. The second-order valence-electron chi connectivity index (χ2n) is 5.97. The second-order valence-corrected chi connectivity index (χ2v) is 7.03. The van der Waals surface area contributed by atoms with Gasteiger partial charge in [-0.2, -0.15) is 4.98 Å². The van der Waals surface area contributed by atoms with Gasteiger partial charge in [-0.1, -0.05) is 5.16 Å². The van der Waals surface area contributed by atoms with Gasteiger partial charge in [-0.3, -0.25) is 4.79 Å². The van der Waals surface area contributed by atoms with E-state index >= 15 is 0 Å². The zero-order valence-corrected chi connectivity index (χ0v) is 14.3. The number of H-pyrrole nitrogens is 1. The molecule has 0 aliphatic carbocycles. The number of rotatable bonds is 3. The summed E-state index contributed by atoms with van der Waals surface area (Å²) in [4.78, 5) is 26.3. The van der Waals surface area contributed by atoms with E-state index in [1.807, 2.05) is 29.5 Å². The maximum Gasteiger partial charge on any atom is 0.270 e. The highest BCUT2D eigenvalue weighted by molar-refractivity contribution is 7.09. The van der Waals surface area contributed by atoms with Gasteiger partial charge in [-0.15, -0.1) is 11.3 Å². The van der Waals surface area contributed by atoms with Gasteiger partial charge in [0, 0.05) is 30.2 Å². The first kappa shape index (κ1) is 15.1. The normalized spacial score (nSPS) is 17.6. The summed E-state index contributed by atoms with van der Waals surface area (Å²) in [5.74, 6) is 1.35. The molecule has 124 valence electrons. The van der Waals surface area contributed by atoms with Gasteiger partial charge in [0.05, 0.1) is 16.6 Å². The number of thiazole rings is 1. The smallest absolute Gasteiger partial charge is 0.270 e. The number of carbonyl (C=O) groups is 1. The number of hydrogen-bond acceptors (Lipinski definition) is 6. The van der Waals surface area contributed by atoms with Crippen LogP contribution in [0.25, 0.3) is 11.3 Å². The van der Waals surface area contributed by atoms with Gasteiger partial charge >= 0.3 is 0 Å². The number of aryl methyl sites for hydroxylation is 2. The minimum atomic E-state index is -0.00746. The van der Waals surface area contributed by atoms with Gasteiger partial charge in [0.1, 0.15) is 5.69 Å². The highest BCUT2D eigenvalue weighted by Crippen LogP contribution is 2.28. The van der Waals surface area contributed by atoms with Crippen molar-refractivity contribution in [1.29, 1.82) is 0 Å². The first-order valence-electron chi connectivity index (χ1n) is 7.80. The van der Waals surface area contributed by atoms with Crippen LogP contribution in [0.5, 0.6) is 0 Å². The lowest BCUT2D eigenvalue weighted by molar-refractivity contribution is 0.0784. The lowest BCUT2D eigenvalue weighted by atomic mass is 10.1. The molecule has 3 aromatic heterocycles. The molecule has 8 heteroatoms. The Bertz CT molecular complexity index is 881. The predicted molar refractivity (Wildman–Crippen MR) is 88.9 cm³/mol. The number of aromatic amines is 1. The van der Waals surface area contributed by atoms with Crippen molar-refractivity contribution < 1.29 is 9.32 Å². The first-order valence-corrected chi connectivity index (χ1v) is 8.68. The fourth-order valence-electron chi connectivity index (χ4n) is 2.96. The topological polar surface area (TPSA) is 87.9 Å². The van der Waals surface area contributed by atoms with Crippen LogP contribution in [0, 0.1) is 13.8 Å². The highest BCUT2D eigenvalue weighted by Gasteiger charge is 2.31. The van der Waals surface area contributed by atoms with Crippen LogP contribution in [0.15, 0.2) is 22.2 Å². The van der Waals surface area contributed by atoms with E-state index in [-0.39, 0.29) is 11.8 Å². The Kier molecular flexibility index (Phi) is 3.68. The average molecular weight is 343 g/mol. The van der Waals surface area contributed by atoms with Crippen molar-refractivity contribution in [2.45, 2.75) is 26.2 Å². The Morgan fingerprint density at radius 3 is 3.00 bits per heavy atom. The van der Waals surface area contributed by atoms with Crippen molar-refractivity contribution in [3.8, 4) is 11.3 Å². The molecule has 0 aromatic carbocycles. The Hall–Kier alpha value is -2.48. The van der Waals surface area contributed by atoms with Crippen LogP contribution in [0.3, 0.4) is 0 Å². The summed E-state index contributed by atoms with van der Waals surface area (Å²) in [5, 5.41) is 6.83. The third kappa shape index (κ3) is 2.73. The first-order chi connectivity index (χ1) is 11.6. The van der Waals surface area contributed by atoms with E-state index in [0.717, 1.165) is 22.7 Å². The Balaban J connectivity index is 1.47. The Morgan fingerprint density at radius 1 is 1.42 bits per heavy atom. The molecule has 0 radical (unpaired) electrons. The summed E-state index contributed by atoms with van der Waals surface area (Å²) >= 11 is 1.60. The van der Waals surface area contributed by atoms with Crippen molar-refractivity contribution in [3.05, 3.63) is 40.1 Å². The van der Waals surface area contributed by atoms with Crippen LogP contribution >= 0.6 is 11.3 Å². The molecule has 1 aliphatic heterocycles. The van der Waals surface area contributed by atoms with Crippen LogP contribution in [-0.4, -0.2) is 44.0 Å². The molecule has 24 heavy (non-hydrogen) atoms. The van der Waals surface area contributed by atoms with Crippen molar-refractivity contribution in [2.75, 3.05) is 13.1 Å². The molecule has 4 heterocycles. The maximum atomic E-state index is 12.7. The van der Waals surface area contributed by atoms with Crippen LogP contribution in [-0.2, 0) is 0 Å². The fraction of sp³-hybridized carbons (Fsp3) is 0.375. The predicted octanol–water partition coefficient (Wildman–Crippen LogP) is 2.77. The molecule has 0 bridgehead atoms.